The quantitative estimate of drug-likeness (QED) is 0.722. The lowest BCUT2D eigenvalue weighted by Gasteiger charge is -2.35. The molecule has 100 valence electrons. The van der Waals surface area contributed by atoms with Crippen LogP contribution in [-0.4, -0.2) is 42.8 Å². The van der Waals surface area contributed by atoms with Crippen LogP contribution in [0, 0.1) is 5.92 Å². The van der Waals surface area contributed by atoms with Crippen LogP contribution in [0.25, 0.3) is 0 Å². The molecule has 1 aliphatic rings. The van der Waals surface area contributed by atoms with Crippen molar-refractivity contribution in [3.05, 3.63) is 0 Å². The van der Waals surface area contributed by atoms with Crippen molar-refractivity contribution in [2.45, 2.75) is 38.9 Å². The maximum absolute atomic E-state index is 12.5. The van der Waals surface area contributed by atoms with Crippen molar-refractivity contribution in [3.63, 3.8) is 0 Å². The second-order valence-electron chi connectivity index (χ2n) is 4.28. The molecule has 0 aromatic rings. The molecule has 0 amide bonds. The van der Waals surface area contributed by atoms with E-state index in [1.165, 1.54) is 4.90 Å². The van der Waals surface area contributed by atoms with Gasteiger partial charge in [0.05, 0.1) is 12.5 Å². The fourth-order valence-corrected chi connectivity index (χ4v) is 1.99. The Bertz CT molecular complexity index is 260. The number of nitrogens with zero attached hydrogens (tertiary/aromatic N) is 1. The number of carbonyl (C=O) groups excluding carboxylic acids is 1. The van der Waals surface area contributed by atoms with Crippen LogP contribution < -0.4 is 0 Å². The monoisotopic (exact) mass is 253 g/mol. The van der Waals surface area contributed by atoms with Gasteiger partial charge in [0, 0.05) is 0 Å². The average Bonchev–Trinajstić information content (AvgIpc) is 2.27. The molecule has 1 atom stereocenters. The van der Waals surface area contributed by atoms with Crippen LogP contribution in [0.5, 0.6) is 0 Å². The van der Waals surface area contributed by atoms with Crippen LogP contribution in [0.2, 0.25) is 0 Å². The summed E-state index contributed by atoms with van der Waals surface area (Å²) in [6.45, 7) is 3.79. The number of esters is 1. The third kappa shape index (κ3) is 3.87. The zero-order valence-electron chi connectivity index (χ0n) is 10.1. The van der Waals surface area contributed by atoms with Gasteiger partial charge < -0.3 is 4.74 Å². The molecule has 0 saturated carbocycles. The van der Waals surface area contributed by atoms with Gasteiger partial charge in [0.2, 0.25) is 0 Å². The van der Waals surface area contributed by atoms with Crippen molar-refractivity contribution in [1.29, 1.82) is 0 Å². The summed E-state index contributed by atoms with van der Waals surface area (Å²) in [5, 5.41) is 0. The van der Waals surface area contributed by atoms with Gasteiger partial charge in [-0.1, -0.05) is 0 Å². The molecule has 1 fully saturated rings. The van der Waals surface area contributed by atoms with Crippen molar-refractivity contribution >= 4 is 5.97 Å². The molecular weight excluding hydrogens is 235 g/mol. The van der Waals surface area contributed by atoms with Crippen LogP contribution >= 0.6 is 0 Å². The Morgan fingerprint density at radius 3 is 2.35 bits per heavy atom. The Balaban J connectivity index is 2.43. The number of rotatable bonds is 3. The lowest BCUT2D eigenvalue weighted by Crippen LogP contribution is -2.48. The van der Waals surface area contributed by atoms with E-state index in [0.717, 1.165) is 6.92 Å². The van der Waals surface area contributed by atoms with E-state index in [9.17, 15) is 18.0 Å². The van der Waals surface area contributed by atoms with E-state index < -0.39 is 12.2 Å². The smallest absolute Gasteiger partial charge is 0.403 e. The lowest BCUT2D eigenvalue weighted by atomic mass is 9.96. The number of hydrogen-bond acceptors (Lipinski definition) is 3. The molecule has 6 heteroatoms. The molecule has 0 aliphatic carbocycles. The Labute approximate surface area is 98.9 Å². The molecule has 0 radical (unpaired) electrons. The number of alkyl halides is 3. The highest BCUT2D eigenvalue weighted by molar-refractivity contribution is 5.72. The summed E-state index contributed by atoms with van der Waals surface area (Å²) in [6.07, 6.45) is -3.31. The molecule has 0 aromatic carbocycles. The fourth-order valence-electron chi connectivity index (χ4n) is 1.99. The minimum atomic E-state index is -4.20. The number of hydrogen-bond donors (Lipinski definition) is 0. The predicted octanol–water partition coefficient (Wildman–Crippen LogP) is 2.21. The van der Waals surface area contributed by atoms with Crippen LogP contribution in [-0.2, 0) is 9.53 Å². The summed E-state index contributed by atoms with van der Waals surface area (Å²) in [5.41, 5.74) is 0. The van der Waals surface area contributed by atoms with Gasteiger partial charge in [0.1, 0.15) is 6.04 Å². The maximum atomic E-state index is 12.5. The van der Waals surface area contributed by atoms with Gasteiger partial charge in [0.25, 0.3) is 0 Å². The topological polar surface area (TPSA) is 29.5 Å². The summed E-state index contributed by atoms with van der Waals surface area (Å²) < 4.78 is 42.3. The molecule has 1 saturated heterocycles. The molecule has 0 bridgehead atoms. The summed E-state index contributed by atoms with van der Waals surface area (Å²) in [7, 11) is 0. The highest BCUT2D eigenvalue weighted by Gasteiger charge is 2.41. The summed E-state index contributed by atoms with van der Waals surface area (Å²) in [6, 6.07) is -1.44. The molecule has 0 N–H and O–H groups in total. The van der Waals surface area contributed by atoms with Crippen molar-refractivity contribution < 1.29 is 22.7 Å². The van der Waals surface area contributed by atoms with Crippen LogP contribution in [0.1, 0.15) is 26.7 Å². The number of ether oxygens (including phenoxy) is 1. The lowest BCUT2D eigenvalue weighted by molar-refractivity contribution is -0.183. The highest BCUT2D eigenvalue weighted by Crippen LogP contribution is 2.28. The molecule has 1 unspecified atom stereocenters. The van der Waals surface area contributed by atoms with E-state index >= 15 is 0 Å². The van der Waals surface area contributed by atoms with Gasteiger partial charge in [-0.2, -0.15) is 13.2 Å². The number of halogens is 3. The Hall–Kier alpha value is -0.780. The normalized spacial score (nSPS) is 21.2. The van der Waals surface area contributed by atoms with Gasteiger partial charge in [-0.15, -0.1) is 0 Å². The zero-order chi connectivity index (χ0) is 13.1. The summed E-state index contributed by atoms with van der Waals surface area (Å²) in [5.74, 6) is -0.529. The first-order valence-electron chi connectivity index (χ1n) is 5.83. The third-order valence-corrected chi connectivity index (χ3v) is 3.17. The van der Waals surface area contributed by atoms with Gasteiger partial charge in [-0.05, 0) is 39.8 Å². The van der Waals surface area contributed by atoms with Gasteiger partial charge in [-0.3, -0.25) is 9.69 Å². The van der Waals surface area contributed by atoms with E-state index in [2.05, 4.69) is 0 Å². The third-order valence-electron chi connectivity index (χ3n) is 3.17. The van der Waals surface area contributed by atoms with E-state index in [4.69, 9.17) is 4.74 Å². The number of piperidine rings is 1. The largest absolute Gasteiger partial charge is 0.466 e. The minimum Gasteiger partial charge on any atom is -0.466 e. The van der Waals surface area contributed by atoms with E-state index in [1.807, 2.05) is 0 Å². The van der Waals surface area contributed by atoms with E-state index in [-0.39, 0.29) is 11.9 Å². The van der Waals surface area contributed by atoms with Crippen molar-refractivity contribution in [3.8, 4) is 0 Å². The molecule has 1 rings (SSSR count). The van der Waals surface area contributed by atoms with E-state index in [0.29, 0.717) is 32.5 Å². The second kappa shape index (κ2) is 5.71. The number of likely N-dealkylation sites (tertiary alicyclic amines) is 1. The molecule has 0 spiro atoms. The first-order chi connectivity index (χ1) is 7.86. The van der Waals surface area contributed by atoms with E-state index in [1.54, 1.807) is 6.92 Å². The molecular formula is C11H18F3NO2. The van der Waals surface area contributed by atoms with Crippen LogP contribution in [0.4, 0.5) is 13.2 Å². The average molecular weight is 253 g/mol. The Morgan fingerprint density at radius 1 is 1.41 bits per heavy atom. The van der Waals surface area contributed by atoms with Crippen LogP contribution in [0.3, 0.4) is 0 Å². The van der Waals surface area contributed by atoms with Gasteiger partial charge >= 0.3 is 12.1 Å². The highest BCUT2D eigenvalue weighted by atomic mass is 19.4. The van der Waals surface area contributed by atoms with Gasteiger partial charge in [-0.25, -0.2) is 0 Å². The standard InChI is InChI=1S/C11H18F3NO2/c1-3-17-10(16)9-4-6-15(7-5-9)8(2)11(12,13)14/h8-9H,3-7H2,1-2H3. The SMILES string of the molecule is CCOC(=O)C1CCN(C(C)C(F)(F)F)CC1. The van der Waals surface area contributed by atoms with Crippen molar-refractivity contribution in [1.82, 2.24) is 4.90 Å². The number of carbonyl (C=O) groups is 1. The molecule has 3 nitrogen and oxygen atoms in total. The Kier molecular flexibility index (Phi) is 4.80. The Morgan fingerprint density at radius 2 is 1.94 bits per heavy atom. The first kappa shape index (κ1) is 14.3. The second-order valence-corrected chi connectivity index (χ2v) is 4.28. The first-order valence-corrected chi connectivity index (χ1v) is 5.83. The van der Waals surface area contributed by atoms with Crippen molar-refractivity contribution in [2.24, 2.45) is 5.92 Å². The zero-order valence-corrected chi connectivity index (χ0v) is 10.1. The van der Waals surface area contributed by atoms with Gasteiger partial charge in [0.15, 0.2) is 0 Å². The van der Waals surface area contributed by atoms with Crippen molar-refractivity contribution in [2.75, 3.05) is 19.7 Å². The summed E-state index contributed by atoms with van der Waals surface area (Å²) >= 11 is 0. The predicted molar refractivity (Wildman–Crippen MR) is 56.4 cm³/mol. The minimum absolute atomic E-state index is 0.244. The molecule has 0 aromatic heterocycles. The molecule has 1 aliphatic heterocycles. The summed E-state index contributed by atoms with van der Waals surface area (Å²) in [4.78, 5) is 12.8. The maximum Gasteiger partial charge on any atom is 0.403 e. The molecule has 17 heavy (non-hydrogen) atoms. The van der Waals surface area contributed by atoms with Crippen LogP contribution in [0.15, 0.2) is 0 Å². The molecule has 1 heterocycles. The fraction of sp³-hybridized carbons (Fsp3) is 0.909.